The van der Waals surface area contributed by atoms with Crippen LogP contribution in [0.25, 0.3) is 0 Å². The summed E-state index contributed by atoms with van der Waals surface area (Å²) >= 11 is 0. The first kappa shape index (κ1) is 15.3. The van der Waals surface area contributed by atoms with Crippen LogP contribution in [0.15, 0.2) is 18.2 Å². The summed E-state index contributed by atoms with van der Waals surface area (Å²) in [5.41, 5.74) is 0.366. The van der Waals surface area contributed by atoms with Gasteiger partial charge in [-0.15, -0.1) is 0 Å². The molecule has 2 unspecified atom stereocenters. The van der Waals surface area contributed by atoms with Gasteiger partial charge in [0.25, 0.3) is 0 Å². The first-order chi connectivity index (χ1) is 9.58. The van der Waals surface area contributed by atoms with Gasteiger partial charge in [0.1, 0.15) is 17.7 Å². The second kappa shape index (κ2) is 6.55. The second-order valence-electron chi connectivity index (χ2n) is 5.72. The molecule has 0 aliphatic heterocycles. The Morgan fingerprint density at radius 3 is 2.95 bits per heavy atom. The number of aliphatic hydroxyl groups excluding tert-OH is 1. The number of nitrogens with one attached hydrogen (secondary N) is 1. The zero-order valence-electron chi connectivity index (χ0n) is 12.3. The third-order valence-electron chi connectivity index (χ3n) is 4.09. The van der Waals surface area contributed by atoms with Crippen molar-refractivity contribution in [3.8, 4) is 5.75 Å². The van der Waals surface area contributed by atoms with Gasteiger partial charge < -0.3 is 15.2 Å². The zero-order valence-corrected chi connectivity index (χ0v) is 12.3. The van der Waals surface area contributed by atoms with Crippen LogP contribution in [-0.2, 0) is 0 Å². The van der Waals surface area contributed by atoms with Crippen LogP contribution in [-0.4, -0.2) is 29.9 Å². The average Bonchev–Trinajstić information content (AvgIpc) is 2.44. The molecule has 0 heterocycles. The Bertz CT molecular complexity index is 448. The molecular formula is C16H24FNO2. The van der Waals surface area contributed by atoms with Crippen LogP contribution in [0.4, 0.5) is 4.39 Å². The fraction of sp³-hybridized carbons (Fsp3) is 0.625. The van der Waals surface area contributed by atoms with Gasteiger partial charge in [0, 0.05) is 12.0 Å². The number of likely N-dealkylation sites (N-methyl/N-ethyl adjacent to an activating group) is 1. The highest BCUT2D eigenvalue weighted by Gasteiger charge is 2.36. The number of hydrogen-bond donors (Lipinski definition) is 2. The third-order valence-corrected chi connectivity index (χ3v) is 4.09. The molecule has 1 aliphatic rings. The topological polar surface area (TPSA) is 41.5 Å². The number of halogens is 1. The van der Waals surface area contributed by atoms with E-state index in [0.29, 0.717) is 11.3 Å². The molecular weight excluding hydrogens is 257 g/mol. The molecule has 1 aliphatic carbocycles. The lowest BCUT2D eigenvalue weighted by molar-refractivity contribution is 0.0519. The summed E-state index contributed by atoms with van der Waals surface area (Å²) in [6.07, 6.45) is 3.83. The van der Waals surface area contributed by atoms with Gasteiger partial charge >= 0.3 is 0 Å². The van der Waals surface area contributed by atoms with Gasteiger partial charge in [0.05, 0.1) is 6.61 Å². The highest BCUT2D eigenvalue weighted by molar-refractivity contribution is 5.29. The summed E-state index contributed by atoms with van der Waals surface area (Å²) < 4.78 is 19.2. The van der Waals surface area contributed by atoms with E-state index in [1.807, 2.05) is 6.92 Å². The highest BCUT2D eigenvalue weighted by Crippen LogP contribution is 2.31. The summed E-state index contributed by atoms with van der Waals surface area (Å²) in [5, 5.41) is 13.1. The molecule has 20 heavy (non-hydrogen) atoms. The quantitative estimate of drug-likeness (QED) is 0.872. The number of ether oxygens (including phenoxy) is 1. The molecule has 1 saturated carbocycles. The third kappa shape index (κ3) is 3.49. The molecule has 2 rings (SSSR count). The molecule has 0 radical (unpaired) electrons. The van der Waals surface area contributed by atoms with Gasteiger partial charge in [0.15, 0.2) is 0 Å². The molecule has 3 nitrogen and oxygen atoms in total. The molecule has 1 fully saturated rings. The Morgan fingerprint density at radius 1 is 1.50 bits per heavy atom. The Kier molecular flexibility index (Phi) is 5.00. The molecule has 112 valence electrons. The Hall–Kier alpha value is -1.13. The van der Waals surface area contributed by atoms with Crippen molar-refractivity contribution in [2.24, 2.45) is 0 Å². The number of hydrogen-bond acceptors (Lipinski definition) is 3. The number of rotatable bonds is 5. The van der Waals surface area contributed by atoms with Gasteiger partial charge in [-0.05, 0) is 56.5 Å². The zero-order chi connectivity index (χ0) is 14.6. The van der Waals surface area contributed by atoms with Gasteiger partial charge in [-0.1, -0.05) is 6.92 Å². The lowest BCUT2D eigenvalue weighted by Crippen LogP contribution is -2.53. The fourth-order valence-corrected chi connectivity index (χ4v) is 3.03. The lowest BCUT2D eigenvalue weighted by atomic mass is 9.80. The van der Waals surface area contributed by atoms with E-state index in [0.717, 1.165) is 32.2 Å². The molecule has 0 spiro atoms. The maximum atomic E-state index is 13.3. The van der Waals surface area contributed by atoms with Crippen LogP contribution in [0.3, 0.4) is 0 Å². The lowest BCUT2D eigenvalue weighted by Gasteiger charge is -2.40. The summed E-state index contributed by atoms with van der Waals surface area (Å²) in [6.45, 7) is 4.75. The molecule has 2 atom stereocenters. The van der Waals surface area contributed by atoms with Gasteiger partial charge in [-0.25, -0.2) is 4.39 Å². The molecule has 0 amide bonds. The van der Waals surface area contributed by atoms with Crippen LogP contribution in [0, 0.1) is 12.7 Å². The van der Waals surface area contributed by atoms with Gasteiger partial charge in [-0.2, -0.15) is 0 Å². The van der Waals surface area contributed by atoms with E-state index in [4.69, 9.17) is 4.74 Å². The Morgan fingerprint density at radius 2 is 2.30 bits per heavy atom. The van der Waals surface area contributed by atoms with Crippen LogP contribution in [0.5, 0.6) is 5.75 Å². The van der Waals surface area contributed by atoms with E-state index < -0.39 is 0 Å². The van der Waals surface area contributed by atoms with E-state index in [9.17, 15) is 9.50 Å². The second-order valence-corrected chi connectivity index (χ2v) is 5.72. The monoisotopic (exact) mass is 281 g/mol. The largest absolute Gasteiger partial charge is 0.490 e. The van der Waals surface area contributed by atoms with Crippen molar-refractivity contribution in [1.29, 1.82) is 0 Å². The van der Waals surface area contributed by atoms with Crippen molar-refractivity contribution in [3.63, 3.8) is 0 Å². The van der Waals surface area contributed by atoms with E-state index >= 15 is 0 Å². The molecule has 1 aromatic carbocycles. The van der Waals surface area contributed by atoms with Crippen LogP contribution in [0.1, 0.15) is 38.2 Å². The van der Waals surface area contributed by atoms with Crippen molar-refractivity contribution in [3.05, 3.63) is 29.6 Å². The SMILES string of the molecule is CCNC1(CO)CCCC(Oc2ccc(F)c(C)c2)C1. The first-order valence-electron chi connectivity index (χ1n) is 7.37. The van der Waals surface area contributed by atoms with E-state index in [1.165, 1.54) is 6.07 Å². The standard InChI is InChI=1S/C16H24FNO2/c1-3-18-16(11-19)8-4-5-14(10-16)20-13-6-7-15(17)12(2)9-13/h6-7,9,14,18-19H,3-5,8,10-11H2,1-2H3. The maximum absolute atomic E-state index is 13.3. The molecule has 4 heteroatoms. The number of aryl methyl sites for hydroxylation is 1. The van der Waals surface area contributed by atoms with Crippen LogP contribution >= 0.6 is 0 Å². The van der Waals surface area contributed by atoms with Crippen molar-refractivity contribution in [2.75, 3.05) is 13.2 Å². The maximum Gasteiger partial charge on any atom is 0.126 e. The Labute approximate surface area is 120 Å². The molecule has 0 aromatic heterocycles. The number of aliphatic hydroxyl groups is 1. The molecule has 0 saturated heterocycles. The summed E-state index contributed by atoms with van der Waals surface area (Å²) in [4.78, 5) is 0. The predicted molar refractivity (Wildman–Crippen MR) is 77.5 cm³/mol. The molecule has 0 bridgehead atoms. The van der Waals surface area contributed by atoms with Gasteiger partial charge in [-0.3, -0.25) is 0 Å². The minimum absolute atomic E-state index is 0.0693. The van der Waals surface area contributed by atoms with E-state index in [2.05, 4.69) is 5.32 Å². The minimum atomic E-state index is -0.229. The van der Waals surface area contributed by atoms with E-state index in [-0.39, 0.29) is 24.1 Å². The summed E-state index contributed by atoms with van der Waals surface area (Å²) in [5.74, 6) is 0.498. The van der Waals surface area contributed by atoms with Crippen molar-refractivity contribution in [1.82, 2.24) is 5.32 Å². The highest BCUT2D eigenvalue weighted by atomic mass is 19.1. The molecule has 1 aromatic rings. The summed E-state index contributed by atoms with van der Waals surface area (Å²) in [6, 6.07) is 4.85. The van der Waals surface area contributed by atoms with Crippen molar-refractivity contribution >= 4 is 0 Å². The van der Waals surface area contributed by atoms with E-state index in [1.54, 1.807) is 19.1 Å². The minimum Gasteiger partial charge on any atom is -0.490 e. The average molecular weight is 281 g/mol. The number of benzene rings is 1. The van der Waals surface area contributed by atoms with Crippen LogP contribution < -0.4 is 10.1 Å². The van der Waals surface area contributed by atoms with Crippen molar-refractivity contribution in [2.45, 2.75) is 51.2 Å². The fourth-order valence-electron chi connectivity index (χ4n) is 3.03. The smallest absolute Gasteiger partial charge is 0.126 e. The Balaban J connectivity index is 2.03. The normalized spacial score (nSPS) is 26.5. The first-order valence-corrected chi connectivity index (χ1v) is 7.37. The van der Waals surface area contributed by atoms with Gasteiger partial charge in [0.2, 0.25) is 0 Å². The van der Waals surface area contributed by atoms with Crippen LogP contribution in [0.2, 0.25) is 0 Å². The predicted octanol–water partition coefficient (Wildman–Crippen LogP) is 2.80. The van der Waals surface area contributed by atoms with Crippen molar-refractivity contribution < 1.29 is 14.2 Å². The summed E-state index contributed by atoms with van der Waals surface area (Å²) in [7, 11) is 0. The molecule has 2 N–H and O–H groups in total.